The van der Waals surface area contributed by atoms with E-state index in [4.69, 9.17) is 4.74 Å². The van der Waals surface area contributed by atoms with Crippen molar-refractivity contribution in [2.75, 3.05) is 6.26 Å². The van der Waals surface area contributed by atoms with Crippen molar-refractivity contribution in [1.82, 2.24) is 15.3 Å². The number of benzene rings is 1. The van der Waals surface area contributed by atoms with E-state index in [1.54, 1.807) is 24.3 Å². The fourth-order valence-corrected chi connectivity index (χ4v) is 4.22. The van der Waals surface area contributed by atoms with Gasteiger partial charge in [0.25, 0.3) is 5.91 Å². The Bertz CT molecular complexity index is 1170. The lowest BCUT2D eigenvalue weighted by Gasteiger charge is -2.33. The molecule has 190 valence electrons. The van der Waals surface area contributed by atoms with Crippen LogP contribution in [-0.2, 0) is 15.3 Å². The SMILES string of the molecule is CC(C)(C)c1ncc(C(=O)NC(C=CS(C)(=O)=O)C2CCC(F)(F)CC2)c(Oc2ccccc2)n1. The van der Waals surface area contributed by atoms with Crippen LogP contribution < -0.4 is 10.1 Å². The van der Waals surface area contributed by atoms with Crippen LogP contribution in [0.4, 0.5) is 8.78 Å². The molecule has 1 fully saturated rings. The lowest BCUT2D eigenvalue weighted by molar-refractivity contribution is -0.0475. The van der Waals surface area contributed by atoms with Gasteiger partial charge in [0.15, 0.2) is 9.84 Å². The second-order valence-electron chi connectivity index (χ2n) is 9.93. The Morgan fingerprint density at radius 3 is 2.40 bits per heavy atom. The number of carbonyl (C=O) groups excluding carboxylic acids is 1. The van der Waals surface area contributed by atoms with Crippen LogP contribution in [0.2, 0.25) is 0 Å². The number of nitrogens with zero attached hydrogens (tertiary/aromatic N) is 2. The molecule has 1 saturated carbocycles. The standard InChI is InChI=1S/C25H31F2N3O4S/c1-24(2,3)23-28-16-19(22(30-23)34-18-8-6-5-7-9-18)21(31)29-20(12-15-35(4,32)33)17-10-13-25(26,27)14-11-17/h5-9,12,15-17,20H,10-11,13-14H2,1-4H3,(H,29,31). The van der Waals surface area contributed by atoms with Crippen LogP contribution in [0.3, 0.4) is 0 Å². The zero-order valence-electron chi connectivity index (χ0n) is 20.3. The molecular weight excluding hydrogens is 476 g/mol. The van der Waals surface area contributed by atoms with E-state index in [-0.39, 0.29) is 43.0 Å². The van der Waals surface area contributed by atoms with Crippen LogP contribution in [0, 0.1) is 5.92 Å². The number of halogens is 2. The van der Waals surface area contributed by atoms with Crippen molar-refractivity contribution in [2.45, 2.75) is 63.8 Å². The van der Waals surface area contributed by atoms with Crippen molar-refractivity contribution in [3.8, 4) is 11.6 Å². The maximum absolute atomic E-state index is 13.7. The van der Waals surface area contributed by atoms with E-state index in [1.807, 2.05) is 26.8 Å². The molecule has 1 N–H and O–H groups in total. The molecule has 7 nitrogen and oxygen atoms in total. The predicted molar refractivity (Wildman–Crippen MR) is 129 cm³/mol. The van der Waals surface area contributed by atoms with Crippen molar-refractivity contribution in [3.05, 3.63) is 59.4 Å². The van der Waals surface area contributed by atoms with E-state index >= 15 is 0 Å². The number of ether oxygens (including phenoxy) is 1. The van der Waals surface area contributed by atoms with Crippen LogP contribution in [0.1, 0.15) is 62.6 Å². The maximum Gasteiger partial charge on any atom is 0.258 e. The van der Waals surface area contributed by atoms with Crippen molar-refractivity contribution in [2.24, 2.45) is 5.92 Å². The number of alkyl halides is 2. The van der Waals surface area contributed by atoms with Crippen LogP contribution in [-0.4, -0.2) is 42.5 Å². The third kappa shape index (κ3) is 7.81. The van der Waals surface area contributed by atoms with E-state index in [0.29, 0.717) is 11.6 Å². The highest BCUT2D eigenvalue weighted by molar-refractivity contribution is 7.93. The molecule has 0 radical (unpaired) electrons. The molecule has 1 aliphatic rings. The molecule has 1 heterocycles. The van der Waals surface area contributed by atoms with Crippen LogP contribution in [0.5, 0.6) is 11.6 Å². The lowest BCUT2D eigenvalue weighted by Crippen LogP contribution is -2.42. The molecular formula is C25H31F2N3O4S. The zero-order chi connectivity index (χ0) is 25.9. The van der Waals surface area contributed by atoms with Crippen LogP contribution in [0.15, 0.2) is 48.0 Å². The van der Waals surface area contributed by atoms with Crippen LogP contribution >= 0.6 is 0 Å². The molecule has 1 amide bonds. The molecule has 2 aromatic rings. The Morgan fingerprint density at radius 2 is 1.83 bits per heavy atom. The molecule has 1 aliphatic carbocycles. The summed E-state index contributed by atoms with van der Waals surface area (Å²) in [4.78, 5) is 22.1. The van der Waals surface area contributed by atoms with Crippen molar-refractivity contribution < 1.29 is 26.7 Å². The summed E-state index contributed by atoms with van der Waals surface area (Å²) in [5, 5.41) is 3.78. The molecule has 0 aliphatic heterocycles. The summed E-state index contributed by atoms with van der Waals surface area (Å²) in [6.07, 6.45) is 3.42. The van der Waals surface area contributed by atoms with Gasteiger partial charge in [-0.05, 0) is 30.9 Å². The average Bonchev–Trinajstić information content (AvgIpc) is 2.76. The van der Waals surface area contributed by atoms with Crippen molar-refractivity contribution in [1.29, 1.82) is 0 Å². The quantitative estimate of drug-likeness (QED) is 0.563. The first-order valence-electron chi connectivity index (χ1n) is 11.4. The molecule has 0 saturated heterocycles. The monoisotopic (exact) mass is 507 g/mol. The molecule has 1 aromatic carbocycles. The van der Waals surface area contributed by atoms with Gasteiger partial charge in [-0.3, -0.25) is 4.79 Å². The first-order valence-corrected chi connectivity index (χ1v) is 13.4. The van der Waals surface area contributed by atoms with E-state index in [9.17, 15) is 22.0 Å². The number of rotatable bonds is 7. The molecule has 3 rings (SSSR count). The highest BCUT2D eigenvalue weighted by Gasteiger charge is 2.38. The highest BCUT2D eigenvalue weighted by atomic mass is 32.2. The van der Waals surface area contributed by atoms with Gasteiger partial charge in [0.05, 0.1) is 6.04 Å². The number of nitrogens with one attached hydrogen (secondary N) is 1. The van der Waals surface area contributed by atoms with E-state index in [1.165, 1.54) is 12.3 Å². The van der Waals surface area contributed by atoms with Crippen LogP contribution in [0.25, 0.3) is 0 Å². The summed E-state index contributed by atoms with van der Waals surface area (Å²) in [5.41, 5.74) is -0.349. The number of para-hydroxylation sites is 1. The number of hydrogen-bond donors (Lipinski definition) is 1. The third-order valence-electron chi connectivity index (χ3n) is 5.73. The largest absolute Gasteiger partial charge is 0.438 e. The Morgan fingerprint density at radius 1 is 1.20 bits per heavy atom. The minimum absolute atomic E-state index is 0.0506. The van der Waals surface area contributed by atoms with Crippen molar-refractivity contribution >= 4 is 15.7 Å². The van der Waals surface area contributed by atoms with Gasteiger partial charge in [-0.1, -0.05) is 45.0 Å². The minimum atomic E-state index is -3.48. The second-order valence-corrected chi connectivity index (χ2v) is 11.9. The number of amides is 1. The summed E-state index contributed by atoms with van der Waals surface area (Å²) < 4.78 is 56.7. The summed E-state index contributed by atoms with van der Waals surface area (Å²) in [5.74, 6) is -2.68. The molecule has 35 heavy (non-hydrogen) atoms. The topological polar surface area (TPSA) is 98.2 Å². The molecule has 10 heteroatoms. The Hall–Kier alpha value is -2.88. The van der Waals surface area contributed by atoms with Gasteiger partial charge >= 0.3 is 0 Å². The Balaban J connectivity index is 1.92. The normalized spacial score (nSPS) is 17.8. The molecule has 0 bridgehead atoms. The molecule has 0 spiro atoms. The fourth-order valence-electron chi connectivity index (χ4n) is 3.76. The van der Waals surface area contributed by atoms with E-state index in [2.05, 4.69) is 15.3 Å². The summed E-state index contributed by atoms with van der Waals surface area (Å²) in [6, 6.07) is 8.08. The van der Waals surface area contributed by atoms with Gasteiger partial charge in [0.2, 0.25) is 11.8 Å². The smallest absolute Gasteiger partial charge is 0.258 e. The summed E-state index contributed by atoms with van der Waals surface area (Å²) in [7, 11) is -3.48. The summed E-state index contributed by atoms with van der Waals surface area (Å²) in [6.45, 7) is 5.79. The first kappa shape index (κ1) is 26.7. The highest BCUT2D eigenvalue weighted by Crippen LogP contribution is 2.38. The Kier molecular flexibility index (Phi) is 7.93. The van der Waals surface area contributed by atoms with Gasteiger partial charge in [0.1, 0.15) is 17.1 Å². The predicted octanol–water partition coefficient (Wildman–Crippen LogP) is 5.05. The van der Waals surface area contributed by atoms with Gasteiger partial charge in [-0.15, -0.1) is 0 Å². The number of hydrogen-bond acceptors (Lipinski definition) is 6. The number of sulfone groups is 1. The first-order chi connectivity index (χ1) is 16.2. The van der Waals surface area contributed by atoms with Crippen molar-refractivity contribution in [3.63, 3.8) is 0 Å². The Labute approximate surface area is 204 Å². The van der Waals surface area contributed by atoms with E-state index in [0.717, 1.165) is 11.7 Å². The van der Waals surface area contributed by atoms with Gasteiger partial charge in [-0.25, -0.2) is 22.2 Å². The van der Waals surface area contributed by atoms with Gasteiger partial charge in [-0.2, -0.15) is 4.98 Å². The fraction of sp³-hybridized carbons (Fsp3) is 0.480. The molecule has 1 atom stereocenters. The minimum Gasteiger partial charge on any atom is -0.438 e. The van der Waals surface area contributed by atoms with E-state index < -0.39 is 33.1 Å². The van der Waals surface area contributed by atoms with Gasteiger partial charge in [0, 0.05) is 36.1 Å². The molecule has 1 unspecified atom stereocenters. The number of carbonyl (C=O) groups is 1. The maximum atomic E-state index is 13.7. The second kappa shape index (κ2) is 10.4. The average molecular weight is 508 g/mol. The summed E-state index contributed by atoms with van der Waals surface area (Å²) >= 11 is 0. The zero-order valence-corrected chi connectivity index (χ0v) is 21.1. The lowest BCUT2D eigenvalue weighted by atomic mass is 9.82. The number of aromatic nitrogens is 2. The molecule has 1 aromatic heterocycles. The van der Waals surface area contributed by atoms with Gasteiger partial charge < -0.3 is 10.1 Å². The third-order valence-corrected chi connectivity index (χ3v) is 6.38.